The molecule has 0 saturated heterocycles. The first-order valence-electron chi connectivity index (χ1n) is 5.44. The highest BCUT2D eigenvalue weighted by atomic mass is 19.4. The Hall–Kier alpha value is -1.41. The fourth-order valence-corrected chi connectivity index (χ4v) is 1.51. The van der Waals surface area contributed by atoms with E-state index in [2.05, 4.69) is 15.4 Å². The lowest BCUT2D eigenvalue weighted by Gasteiger charge is -2.21. The number of anilines is 1. The van der Waals surface area contributed by atoms with Crippen LogP contribution in [-0.4, -0.2) is 34.1 Å². The quantitative estimate of drug-likeness (QED) is 0.622. The molecule has 0 bridgehead atoms. The van der Waals surface area contributed by atoms with Crippen LogP contribution in [0.4, 0.5) is 19.0 Å². The van der Waals surface area contributed by atoms with Gasteiger partial charge in [-0.05, 0) is 13.5 Å². The van der Waals surface area contributed by atoms with Crippen molar-refractivity contribution in [3.8, 4) is 0 Å². The molecule has 0 aliphatic carbocycles. The molecule has 8 heteroatoms. The summed E-state index contributed by atoms with van der Waals surface area (Å²) < 4.78 is 36.9. The van der Waals surface area contributed by atoms with Gasteiger partial charge in [0.15, 0.2) is 0 Å². The van der Waals surface area contributed by atoms with Crippen LogP contribution in [0.3, 0.4) is 0 Å². The van der Waals surface area contributed by atoms with Crippen LogP contribution in [0, 0.1) is 6.92 Å². The summed E-state index contributed by atoms with van der Waals surface area (Å²) in [4.78, 5) is 9.31. The molecule has 18 heavy (non-hydrogen) atoms. The molecular weight excluding hydrogens is 247 g/mol. The van der Waals surface area contributed by atoms with Crippen molar-refractivity contribution in [1.82, 2.24) is 14.9 Å². The Morgan fingerprint density at radius 3 is 2.56 bits per heavy atom. The van der Waals surface area contributed by atoms with Crippen LogP contribution in [0.5, 0.6) is 0 Å². The summed E-state index contributed by atoms with van der Waals surface area (Å²) in [6.07, 6.45) is -4.23. The van der Waals surface area contributed by atoms with E-state index in [-0.39, 0.29) is 13.1 Å². The molecule has 0 radical (unpaired) electrons. The molecule has 3 N–H and O–H groups in total. The van der Waals surface area contributed by atoms with Crippen molar-refractivity contribution in [2.24, 2.45) is 5.84 Å². The van der Waals surface area contributed by atoms with Crippen molar-refractivity contribution in [2.45, 2.75) is 26.6 Å². The molecule has 0 aliphatic heterocycles. The van der Waals surface area contributed by atoms with Gasteiger partial charge in [-0.1, -0.05) is 6.92 Å². The molecule has 0 saturated carbocycles. The van der Waals surface area contributed by atoms with Gasteiger partial charge in [0.2, 0.25) is 0 Å². The van der Waals surface area contributed by atoms with Crippen LogP contribution >= 0.6 is 0 Å². The first-order valence-corrected chi connectivity index (χ1v) is 5.44. The Balaban J connectivity index is 2.78. The molecule has 0 unspecified atom stereocenters. The fourth-order valence-electron chi connectivity index (χ4n) is 1.51. The summed E-state index contributed by atoms with van der Waals surface area (Å²) in [5, 5.41) is 0. The van der Waals surface area contributed by atoms with E-state index < -0.39 is 12.7 Å². The van der Waals surface area contributed by atoms with E-state index in [1.54, 1.807) is 19.9 Å². The van der Waals surface area contributed by atoms with Crippen molar-refractivity contribution in [3.63, 3.8) is 0 Å². The zero-order valence-corrected chi connectivity index (χ0v) is 10.3. The molecule has 1 aromatic rings. The van der Waals surface area contributed by atoms with E-state index in [0.29, 0.717) is 17.3 Å². The first kappa shape index (κ1) is 14.7. The highest BCUT2D eigenvalue weighted by Gasteiger charge is 2.30. The number of nitrogens with zero attached hydrogens (tertiary/aromatic N) is 3. The van der Waals surface area contributed by atoms with E-state index in [9.17, 15) is 13.2 Å². The lowest BCUT2D eigenvalue weighted by atomic mass is 10.4. The molecule has 0 spiro atoms. The van der Waals surface area contributed by atoms with Gasteiger partial charge in [0.05, 0.1) is 13.1 Å². The molecular formula is C10H16F3N5. The van der Waals surface area contributed by atoms with Gasteiger partial charge < -0.3 is 5.43 Å². The third-order valence-electron chi connectivity index (χ3n) is 2.26. The van der Waals surface area contributed by atoms with Crippen LogP contribution in [0.25, 0.3) is 0 Å². The van der Waals surface area contributed by atoms with Gasteiger partial charge in [-0.3, -0.25) is 4.90 Å². The number of aryl methyl sites for hydroxylation is 1. The molecule has 1 rings (SSSR count). The minimum Gasteiger partial charge on any atom is -0.308 e. The number of hydrogen-bond acceptors (Lipinski definition) is 5. The number of aromatic nitrogens is 2. The fraction of sp³-hybridized carbons (Fsp3) is 0.600. The Bertz CT molecular complexity index is 394. The average molecular weight is 263 g/mol. The third kappa shape index (κ3) is 4.84. The largest absolute Gasteiger partial charge is 0.401 e. The normalized spacial score (nSPS) is 11.9. The maximum Gasteiger partial charge on any atom is 0.401 e. The maximum atomic E-state index is 12.3. The summed E-state index contributed by atoms with van der Waals surface area (Å²) in [5.74, 6) is 5.92. The number of nitrogens with one attached hydrogen (secondary N) is 1. The maximum absolute atomic E-state index is 12.3. The summed E-state index contributed by atoms with van der Waals surface area (Å²) in [6, 6.07) is 1.61. The van der Waals surface area contributed by atoms with E-state index >= 15 is 0 Å². The lowest BCUT2D eigenvalue weighted by molar-refractivity contribution is -0.146. The zero-order chi connectivity index (χ0) is 13.8. The standard InChI is InChI=1S/C10H16F3N5/c1-3-18(6-10(11,12)13)5-9-15-7(2)4-8(16-9)17-14/h4H,3,5-6,14H2,1-2H3,(H,15,16,17). The van der Waals surface area contributed by atoms with Gasteiger partial charge in [0, 0.05) is 11.8 Å². The number of halogens is 3. The molecule has 0 atom stereocenters. The number of nitrogens with two attached hydrogens (primary N) is 1. The highest BCUT2D eigenvalue weighted by molar-refractivity contribution is 5.33. The molecule has 0 aliphatic rings. The highest BCUT2D eigenvalue weighted by Crippen LogP contribution is 2.17. The van der Waals surface area contributed by atoms with E-state index in [1.807, 2.05) is 0 Å². The minimum atomic E-state index is -4.23. The number of hydrogen-bond donors (Lipinski definition) is 2. The third-order valence-corrected chi connectivity index (χ3v) is 2.26. The summed E-state index contributed by atoms with van der Waals surface area (Å²) in [5.41, 5.74) is 3.00. The second kappa shape index (κ2) is 5.96. The minimum absolute atomic E-state index is 0.0341. The van der Waals surface area contributed by atoms with Crippen LogP contribution < -0.4 is 11.3 Å². The van der Waals surface area contributed by atoms with Crippen LogP contribution in [0.15, 0.2) is 6.07 Å². The monoisotopic (exact) mass is 263 g/mol. The first-order chi connectivity index (χ1) is 8.34. The molecule has 0 aromatic carbocycles. The second-order valence-corrected chi connectivity index (χ2v) is 3.87. The van der Waals surface area contributed by atoms with E-state index in [1.165, 1.54) is 4.90 Å². The number of alkyl halides is 3. The molecule has 0 fully saturated rings. The van der Waals surface area contributed by atoms with Crippen LogP contribution in [-0.2, 0) is 6.54 Å². The van der Waals surface area contributed by atoms with Gasteiger partial charge in [-0.25, -0.2) is 15.8 Å². The van der Waals surface area contributed by atoms with Gasteiger partial charge in [0.25, 0.3) is 0 Å². The van der Waals surface area contributed by atoms with E-state index in [4.69, 9.17) is 5.84 Å². The topological polar surface area (TPSA) is 67.1 Å². The predicted octanol–water partition coefficient (Wildman–Crippen LogP) is 1.45. The number of nitrogen functional groups attached to an aromatic ring is 1. The van der Waals surface area contributed by atoms with Crippen LogP contribution in [0.2, 0.25) is 0 Å². The molecule has 0 amide bonds. The van der Waals surface area contributed by atoms with Crippen LogP contribution in [0.1, 0.15) is 18.4 Å². The predicted molar refractivity (Wildman–Crippen MR) is 61.6 cm³/mol. The van der Waals surface area contributed by atoms with Crippen molar-refractivity contribution < 1.29 is 13.2 Å². The second-order valence-electron chi connectivity index (χ2n) is 3.87. The average Bonchev–Trinajstić information content (AvgIpc) is 2.25. The Morgan fingerprint density at radius 2 is 2.06 bits per heavy atom. The lowest BCUT2D eigenvalue weighted by Crippen LogP contribution is -2.34. The molecule has 1 heterocycles. The number of rotatable bonds is 5. The SMILES string of the molecule is CCN(Cc1nc(C)cc(NN)n1)CC(F)(F)F. The van der Waals surface area contributed by atoms with Gasteiger partial charge in [-0.2, -0.15) is 13.2 Å². The van der Waals surface area contributed by atoms with Crippen molar-refractivity contribution >= 4 is 5.82 Å². The molecule has 102 valence electrons. The summed E-state index contributed by atoms with van der Waals surface area (Å²) in [7, 11) is 0. The summed E-state index contributed by atoms with van der Waals surface area (Å²) in [6.45, 7) is 2.70. The van der Waals surface area contributed by atoms with Gasteiger partial charge >= 0.3 is 6.18 Å². The van der Waals surface area contributed by atoms with Gasteiger partial charge in [-0.15, -0.1) is 0 Å². The Kier molecular flexibility index (Phi) is 4.85. The Labute approximate surface area is 103 Å². The van der Waals surface area contributed by atoms with Crippen molar-refractivity contribution in [1.29, 1.82) is 0 Å². The molecule has 5 nitrogen and oxygen atoms in total. The Morgan fingerprint density at radius 1 is 1.39 bits per heavy atom. The van der Waals surface area contributed by atoms with Crippen molar-refractivity contribution in [2.75, 3.05) is 18.5 Å². The van der Waals surface area contributed by atoms with E-state index in [0.717, 1.165) is 0 Å². The van der Waals surface area contributed by atoms with Crippen molar-refractivity contribution in [3.05, 3.63) is 17.6 Å². The van der Waals surface area contributed by atoms with Gasteiger partial charge in [0.1, 0.15) is 11.6 Å². The zero-order valence-electron chi connectivity index (χ0n) is 10.3. The summed E-state index contributed by atoms with van der Waals surface area (Å²) >= 11 is 0. The smallest absolute Gasteiger partial charge is 0.308 e. The molecule has 1 aromatic heterocycles. The number of hydrazine groups is 1.